The molecule has 7 nitrogen and oxygen atoms in total. The summed E-state index contributed by atoms with van der Waals surface area (Å²) >= 11 is 0. The van der Waals surface area contributed by atoms with Crippen molar-refractivity contribution in [2.24, 2.45) is 0 Å². The Labute approximate surface area is 162 Å². The fraction of sp³-hybridized carbons (Fsp3) is 0.263. The fourth-order valence-electron chi connectivity index (χ4n) is 3.01. The normalized spacial score (nSPS) is 14.2. The van der Waals surface area contributed by atoms with Crippen molar-refractivity contribution >= 4 is 38.9 Å². The van der Waals surface area contributed by atoms with Crippen LogP contribution >= 0.6 is 0 Å². The molecule has 148 valence electrons. The van der Waals surface area contributed by atoms with E-state index in [9.17, 15) is 22.4 Å². The summed E-state index contributed by atoms with van der Waals surface area (Å²) in [4.78, 5) is 25.8. The first-order chi connectivity index (χ1) is 13.2. The van der Waals surface area contributed by atoms with Crippen molar-refractivity contribution in [3.8, 4) is 0 Å². The Morgan fingerprint density at radius 2 is 1.93 bits per heavy atom. The van der Waals surface area contributed by atoms with Gasteiger partial charge in [0.2, 0.25) is 21.8 Å². The molecule has 0 saturated carbocycles. The topological polar surface area (TPSA) is 86.8 Å². The predicted octanol–water partition coefficient (Wildman–Crippen LogP) is 2.36. The zero-order valence-corrected chi connectivity index (χ0v) is 16.1. The van der Waals surface area contributed by atoms with Crippen molar-refractivity contribution in [2.45, 2.75) is 12.8 Å². The van der Waals surface area contributed by atoms with Gasteiger partial charge in [-0.3, -0.25) is 13.9 Å². The Balaban J connectivity index is 1.70. The van der Waals surface area contributed by atoms with E-state index >= 15 is 0 Å². The summed E-state index contributed by atoms with van der Waals surface area (Å²) in [7, 11) is -3.78. The molecule has 1 aliphatic rings. The van der Waals surface area contributed by atoms with Gasteiger partial charge in [-0.2, -0.15) is 0 Å². The lowest BCUT2D eigenvalue weighted by atomic mass is 10.2. The Morgan fingerprint density at radius 1 is 1.21 bits per heavy atom. The molecule has 1 N–H and O–H groups in total. The minimum absolute atomic E-state index is 0.0654. The molecule has 9 heteroatoms. The lowest BCUT2D eigenvalue weighted by Gasteiger charge is -2.22. The number of nitrogens with one attached hydrogen (secondary N) is 1. The highest BCUT2D eigenvalue weighted by atomic mass is 32.2. The van der Waals surface area contributed by atoms with E-state index in [0.717, 1.165) is 28.7 Å². The molecule has 1 aliphatic heterocycles. The van der Waals surface area contributed by atoms with Crippen LogP contribution < -0.4 is 14.5 Å². The Kier molecular flexibility index (Phi) is 5.64. The maximum absolute atomic E-state index is 13.4. The molecule has 0 radical (unpaired) electrons. The number of sulfonamides is 1. The number of carbonyl (C=O) groups excluding carboxylic acids is 2. The Bertz CT molecular complexity index is 992. The maximum atomic E-state index is 13.4. The molecular weight excluding hydrogens is 385 g/mol. The second-order valence-electron chi connectivity index (χ2n) is 6.49. The van der Waals surface area contributed by atoms with E-state index in [2.05, 4.69) is 5.32 Å². The molecule has 1 saturated heterocycles. The van der Waals surface area contributed by atoms with Gasteiger partial charge >= 0.3 is 0 Å². The molecule has 0 aromatic heterocycles. The van der Waals surface area contributed by atoms with E-state index in [4.69, 9.17) is 0 Å². The van der Waals surface area contributed by atoms with Crippen molar-refractivity contribution in [3.05, 3.63) is 54.3 Å². The van der Waals surface area contributed by atoms with E-state index in [1.807, 2.05) is 0 Å². The molecule has 0 spiro atoms. The molecule has 1 heterocycles. The number of rotatable bonds is 6. The average Bonchev–Trinajstić information content (AvgIpc) is 3.05. The molecule has 3 rings (SSSR count). The van der Waals surface area contributed by atoms with Gasteiger partial charge in [0.1, 0.15) is 12.4 Å². The lowest BCUT2D eigenvalue weighted by Crippen LogP contribution is -2.37. The summed E-state index contributed by atoms with van der Waals surface area (Å²) in [6.45, 7) is 0.177. The van der Waals surface area contributed by atoms with E-state index in [1.165, 1.54) is 18.2 Å². The SMILES string of the molecule is CS(=O)(=O)N(CC(=O)Nc1ccc(N2CCCC2=O)cc1)c1cccc(F)c1. The molecule has 0 atom stereocenters. The predicted molar refractivity (Wildman–Crippen MR) is 105 cm³/mol. The summed E-state index contributed by atoms with van der Waals surface area (Å²) < 4.78 is 38.4. The van der Waals surface area contributed by atoms with E-state index in [0.29, 0.717) is 18.7 Å². The molecule has 1 fully saturated rings. The minimum atomic E-state index is -3.78. The van der Waals surface area contributed by atoms with Gasteiger partial charge in [-0.25, -0.2) is 12.8 Å². The smallest absolute Gasteiger partial charge is 0.245 e. The summed E-state index contributed by atoms with van der Waals surface area (Å²) in [5.41, 5.74) is 1.28. The van der Waals surface area contributed by atoms with Crippen LogP contribution in [-0.4, -0.2) is 39.6 Å². The van der Waals surface area contributed by atoms with Crippen LogP contribution in [0.4, 0.5) is 21.5 Å². The maximum Gasteiger partial charge on any atom is 0.245 e. The van der Waals surface area contributed by atoms with Crippen LogP contribution in [0.25, 0.3) is 0 Å². The van der Waals surface area contributed by atoms with Crippen molar-refractivity contribution in [3.63, 3.8) is 0 Å². The van der Waals surface area contributed by atoms with Gasteiger partial charge < -0.3 is 10.2 Å². The van der Waals surface area contributed by atoms with Crippen LogP contribution in [0.15, 0.2) is 48.5 Å². The number of halogens is 1. The van der Waals surface area contributed by atoms with E-state index in [1.54, 1.807) is 29.2 Å². The minimum Gasteiger partial charge on any atom is -0.325 e. The molecule has 0 bridgehead atoms. The monoisotopic (exact) mass is 405 g/mol. The number of anilines is 3. The number of hydrogen-bond donors (Lipinski definition) is 1. The third-order valence-electron chi connectivity index (χ3n) is 4.32. The number of carbonyl (C=O) groups is 2. The highest BCUT2D eigenvalue weighted by Crippen LogP contribution is 2.23. The van der Waals surface area contributed by atoms with Crippen molar-refractivity contribution < 1.29 is 22.4 Å². The van der Waals surface area contributed by atoms with E-state index in [-0.39, 0.29) is 11.6 Å². The molecule has 2 amide bonds. The van der Waals surface area contributed by atoms with Gasteiger partial charge in [-0.05, 0) is 48.9 Å². The first-order valence-electron chi connectivity index (χ1n) is 8.67. The van der Waals surface area contributed by atoms with Crippen molar-refractivity contribution in [1.82, 2.24) is 0 Å². The van der Waals surface area contributed by atoms with Crippen LogP contribution in [0.5, 0.6) is 0 Å². The second-order valence-corrected chi connectivity index (χ2v) is 8.40. The summed E-state index contributed by atoms with van der Waals surface area (Å²) in [5, 5.41) is 2.62. The van der Waals surface area contributed by atoms with Crippen LogP contribution in [-0.2, 0) is 19.6 Å². The molecule has 0 unspecified atom stereocenters. The van der Waals surface area contributed by atoms with Gasteiger partial charge in [0.05, 0.1) is 11.9 Å². The lowest BCUT2D eigenvalue weighted by molar-refractivity contribution is -0.117. The van der Waals surface area contributed by atoms with Gasteiger partial charge in [0.15, 0.2) is 0 Å². The number of hydrogen-bond acceptors (Lipinski definition) is 4. The summed E-state index contributed by atoms with van der Waals surface area (Å²) in [5.74, 6) is -1.10. The van der Waals surface area contributed by atoms with Crippen LogP contribution in [0.1, 0.15) is 12.8 Å². The van der Waals surface area contributed by atoms with Crippen LogP contribution in [0.3, 0.4) is 0 Å². The molecule has 2 aromatic carbocycles. The standard InChI is InChI=1S/C19H20FN3O4S/c1-28(26,27)23(17-5-2-4-14(20)12-17)13-18(24)21-15-7-9-16(10-8-15)22-11-3-6-19(22)25/h2,4-5,7-10,12H,3,6,11,13H2,1H3,(H,21,24). The van der Waals surface area contributed by atoms with Gasteiger partial charge in [0.25, 0.3) is 0 Å². The molecular formula is C19H20FN3O4S. The van der Waals surface area contributed by atoms with Gasteiger partial charge in [-0.15, -0.1) is 0 Å². The number of benzene rings is 2. The Morgan fingerprint density at radius 3 is 2.50 bits per heavy atom. The average molecular weight is 405 g/mol. The van der Waals surface area contributed by atoms with Crippen LogP contribution in [0.2, 0.25) is 0 Å². The third-order valence-corrected chi connectivity index (χ3v) is 5.46. The second kappa shape index (κ2) is 7.97. The largest absolute Gasteiger partial charge is 0.325 e. The first kappa shape index (κ1) is 19.8. The van der Waals surface area contributed by atoms with Crippen LogP contribution in [0, 0.1) is 5.82 Å². The van der Waals surface area contributed by atoms with E-state index < -0.39 is 28.3 Å². The first-order valence-corrected chi connectivity index (χ1v) is 10.5. The quantitative estimate of drug-likeness (QED) is 0.799. The molecule has 0 aliphatic carbocycles. The highest BCUT2D eigenvalue weighted by molar-refractivity contribution is 7.92. The highest BCUT2D eigenvalue weighted by Gasteiger charge is 2.23. The fourth-order valence-corrected chi connectivity index (χ4v) is 3.86. The van der Waals surface area contributed by atoms with Crippen molar-refractivity contribution in [2.75, 3.05) is 33.9 Å². The molecule has 28 heavy (non-hydrogen) atoms. The number of nitrogens with zero attached hydrogens (tertiary/aromatic N) is 2. The Hall–Kier alpha value is -2.94. The summed E-state index contributed by atoms with van der Waals surface area (Å²) in [6.07, 6.45) is 2.30. The zero-order chi connectivity index (χ0) is 20.3. The molecule has 2 aromatic rings. The zero-order valence-electron chi connectivity index (χ0n) is 15.3. The third kappa shape index (κ3) is 4.66. The van der Waals surface area contributed by atoms with Gasteiger partial charge in [0, 0.05) is 24.3 Å². The van der Waals surface area contributed by atoms with Crippen molar-refractivity contribution in [1.29, 1.82) is 0 Å². The van der Waals surface area contributed by atoms with Gasteiger partial charge in [-0.1, -0.05) is 6.07 Å². The summed E-state index contributed by atoms with van der Waals surface area (Å²) in [6, 6.07) is 11.8. The number of amides is 2.